The highest BCUT2D eigenvalue weighted by atomic mass is 127. The van der Waals surface area contributed by atoms with E-state index in [1.165, 1.54) is 29.7 Å². The molecule has 1 aliphatic rings. The number of hydrogen-bond donors (Lipinski definition) is 2. The summed E-state index contributed by atoms with van der Waals surface area (Å²) in [6.07, 6.45) is 3.34. The molecule has 0 radical (unpaired) electrons. The number of guanidine groups is 1. The summed E-state index contributed by atoms with van der Waals surface area (Å²) in [7, 11) is 6.04. The smallest absolute Gasteiger partial charge is 0.190 e. The summed E-state index contributed by atoms with van der Waals surface area (Å²) in [6, 6.07) is 8.65. The van der Waals surface area contributed by atoms with E-state index in [-0.39, 0.29) is 24.0 Å². The van der Waals surface area contributed by atoms with Crippen LogP contribution < -0.4 is 10.6 Å². The van der Waals surface area contributed by atoms with Crippen molar-refractivity contribution < 1.29 is 0 Å². The molecule has 1 fully saturated rings. The Bertz CT molecular complexity index is 881. The molecule has 2 unspecified atom stereocenters. The molecule has 0 saturated carbocycles. The average Bonchev–Trinajstić information content (AvgIpc) is 2.96. The first-order chi connectivity index (χ1) is 14.4. The summed E-state index contributed by atoms with van der Waals surface area (Å²) in [4.78, 5) is 6.87. The Labute approximate surface area is 208 Å². The van der Waals surface area contributed by atoms with E-state index in [9.17, 15) is 0 Å². The normalized spacial score (nSPS) is 19.7. The van der Waals surface area contributed by atoms with Crippen molar-refractivity contribution in [1.29, 1.82) is 0 Å². The average molecular weight is 559 g/mol. The van der Waals surface area contributed by atoms with E-state index in [1.807, 2.05) is 30.9 Å². The summed E-state index contributed by atoms with van der Waals surface area (Å²) in [6.45, 7) is 7.02. The number of aliphatic imine (C=N–C) groups is 1. The Morgan fingerprint density at radius 3 is 2.68 bits per heavy atom. The molecular weight excluding hydrogens is 523 g/mol. The number of halogens is 2. The summed E-state index contributed by atoms with van der Waals surface area (Å²) in [5, 5.41) is 12.3. The number of piperidine rings is 1. The van der Waals surface area contributed by atoms with Crippen LogP contribution in [0.4, 0.5) is 0 Å². The second kappa shape index (κ2) is 12.1. The molecule has 2 atom stereocenters. The van der Waals surface area contributed by atoms with E-state index in [2.05, 4.69) is 58.7 Å². The van der Waals surface area contributed by atoms with Crippen LogP contribution in [0, 0.1) is 19.8 Å². The van der Waals surface area contributed by atoms with E-state index in [4.69, 9.17) is 11.6 Å². The van der Waals surface area contributed by atoms with Crippen LogP contribution in [-0.2, 0) is 13.5 Å². The highest BCUT2D eigenvalue weighted by Crippen LogP contribution is 2.35. The molecule has 0 spiro atoms. The molecule has 6 nitrogen and oxygen atoms in total. The van der Waals surface area contributed by atoms with E-state index < -0.39 is 0 Å². The van der Waals surface area contributed by atoms with Crippen LogP contribution in [0.25, 0.3) is 0 Å². The molecule has 0 amide bonds. The number of rotatable bonds is 6. The van der Waals surface area contributed by atoms with Gasteiger partial charge in [0, 0.05) is 43.9 Å². The minimum atomic E-state index is 0. The molecule has 1 aromatic carbocycles. The van der Waals surface area contributed by atoms with Gasteiger partial charge in [-0.3, -0.25) is 14.6 Å². The Kier molecular flexibility index (Phi) is 10.1. The predicted octanol–water partition coefficient (Wildman–Crippen LogP) is 4.10. The first-order valence-corrected chi connectivity index (χ1v) is 11.2. The fraction of sp³-hybridized carbons (Fsp3) is 0.565. The molecule has 2 aromatic rings. The van der Waals surface area contributed by atoms with Gasteiger partial charge < -0.3 is 10.6 Å². The predicted molar refractivity (Wildman–Crippen MR) is 141 cm³/mol. The topological polar surface area (TPSA) is 57.5 Å². The Balaban J connectivity index is 0.00000341. The van der Waals surface area contributed by atoms with Gasteiger partial charge in [0.05, 0.1) is 5.69 Å². The molecule has 172 valence electrons. The van der Waals surface area contributed by atoms with Crippen molar-refractivity contribution >= 4 is 41.5 Å². The molecule has 8 heteroatoms. The lowest BCUT2D eigenvalue weighted by atomic mass is 9.85. The zero-order valence-electron chi connectivity index (χ0n) is 19.3. The monoisotopic (exact) mass is 558 g/mol. The zero-order chi connectivity index (χ0) is 21.7. The molecule has 31 heavy (non-hydrogen) atoms. The van der Waals surface area contributed by atoms with E-state index in [0.717, 1.165) is 42.7 Å². The van der Waals surface area contributed by atoms with Crippen LogP contribution in [0.2, 0.25) is 5.02 Å². The fourth-order valence-electron chi connectivity index (χ4n) is 4.62. The molecule has 1 aliphatic heterocycles. The van der Waals surface area contributed by atoms with E-state index >= 15 is 0 Å². The third-order valence-corrected chi connectivity index (χ3v) is 6.51. The lowest BCUT2D eigenvalue weighted by Gasteiger charge is -2.40. The van der Waals surface area contributed by atoms with Crippen LogP contribution in [0.3, 0.4) is 0 Å². The second-order valence-corrected chi connectivity index (χ2v) is 8.72. The quantitative estimate of drug-likeness (QED) is 0.319. The van der Waals surface area contributed by atoms with Crippen molar-refractivity contribution in [3.05, 3.63) is 51.8 Å². The van der Waals surface area contributed by atoms with Crippen molar-refractivity contribution in [2.75, 3.05) is 33.7 Å². The lowest BCUT2D eigenvalue weighted by molar-refractivity contribution is 0.122. The highest BCUT2D eigenvalue weighted by molar-refractivity contribution is 14.0. The number of nitrogens with one attached hydrogen (secondary N) is 2. The maximum Gasteiger partial charge on any atom is 0.190 e. The molecule has 1 saturated heterocycles. The summed E-state index contributed by atoms with van der Waals surface area (Å²) < 4.78 is 1.95. The van der Waals surface area contributed by atoms with Crippen LogP contribution in [0.1, 0.15) is 41.4 Å². The maximum atomic E-state index is 6.27. The maximum absolute atomic E-state index is 6.27. The second-order valence-electron chi connectivity index (χ2n) is 8.29. The van der Waals surface area contributed by atoms with Gasteiger partial charge in [0.15, 0.2) is 5.96 Å². The zero-order valence-corrected chi connectivity index (χ0v) is 22.4. The van der Waals surface area contributed by atoms with Crippen LogP contribution in [0.5, 0.6) is 0 Å². The molecule has 3 rings (SSSR count). The van der Waals surface area contributed by atoms with Gasteiger partial charge in [-0.2, -0.15) is 5.10 Å². The molecule has 0 aliphatic carbocycles. The number of aryl methyl sites for hydroxylation is 2. The van der Waals surface area contributed by atoms with Gasteiger partial charge in [-0.15, -0.1) is 24.0 Å². The van der Waals surface area contributed by atoms with Gasteiger partial charge in [-0.1, -0.05) is 23.7 Å². The number of hydrogen-bond acceptors (Lipinski definition) is 3. The van der Waals surface area contributed by atoms with Crippen molar-refractivity contribution in [3.63, 3.8) is 0 Å². The molecule has 0 bridgehead atoms. The molecule has 2 N–H and O–H groups in total. The first-order valence-electron chi connectivity index (χ1n) is 10.8. The van der Waals surface area contributed by atoms with Crippen molar-refractivity contribution in [2.45, 2.75) is 39.2 Å². The van der Waals surface area contributed by atoms with Crippen LogP contribution in [0.15, 0.2) is 29.3 Å². The standard InChI is InChI=1S/C23H35ClN6.HI/c1-16-21(17(2)30(5)28-16)11-12-26-23(25-3)27-15-19-9-7-13-29(4)22(19)18-8-6-10-20(24)14-18;/h6,8,10,14,19,22H,7,9,11-13,15H2,1-5H3,(H2,25,26,27);1H. The Morgan fingerprint density at radius 2 is 2.03 bits per heavy atom. The molecular formula is C23H36ClIN6. The number of aromatic nitrogens is 2. The van der Waals surface area contributed by atoms with Crippen molar-refractivity contribution in [3.8, 4) is 0 Å². The minimum absolute atomic E-state index is 0. The first kappa shape index (κ1) is 25.9. The van der Waals surface area contributed by atoms with Crippen LogP contribution >= 0.6 is 35.6 Å². The van der Waals surface area contributed by atoms with Gasteiger partial charge >= 0.3 is 0 Å². The summed E-state index contributed by atoms with van der Waals surface area (Å²) >= 11 is 6.27. The van der Waals surface area contributed by atoms with E-state index in [0.29, 0.717) is 12.0 Å². The van der Waals surface area contributed by atoms with Crippen molar-refractivity contribution in [1.82, 2.24) is 25.3 Å². The third kappa shape index (κ3) is 6.58. The summed E-state index contributed by atoms with van der Waals surface area (Å²) in [5.74, 6) is 1.36. The number of benzene rings is 1. The van der Waals surface area contributed by atoms with E-state index in [1.54, 1.807) is 0 Å². The molecule has 2 heterocycles. The van der Waals surface area contributed by atoms with Gasteiger partial charge in [-0.25, -0.2) is 0 Å². The Hall–Kier alpha value is -1.32. The third-order valence-electron chi connectivity index (χ3n) is 6.28. The molecule has 1 aromatic heterocycles. The fourth-order valence-corrected chi connectivity index (χ4v) is 4.82. The van der Waals surface area contributed by atoms with Gasteiger partial charge in [0.25, 0.3) is 0 Å². The minimum Gasteiger partial charge on any atom is -0.356 e. The van der Waals surface area contributed by atoms with Gasteiger partial charge in [-0.05, 0) is 75.9 Å². The summed E-state index contributed by atoms with van der Waals surface area (Å²) in [5.41, 5.74) is 4.94. The van der Waals surface area contributed by atoms with Crippen LogP contribution in [-0.4, -0.2) is 54.4 Å². The van der Waals surface area contributed by atoms with Gasteiger partial charge in [0.2, 0.25) is 0 Å². The van der Waals surface area contributed by atoms with Gasteiger partial charge in [0.1, 0.15) is 0 Å². The largest absolute Gasteiger partial charge is 0.356 e. The SMILES string of the molecule is CN=C(NCCc1c(C)nn(C)c1C)NCC1CCCN(C)C1c1cccc(Cl)c1.I. The highest BCUT2D eigenvalue weighted by Gasteiger charge is 2.30. The number of nitrogens with zero attached hydrogens (tertiary/aromatic N) is 4. The number of likely N-dealkylation sites (tertiary alicyclic amines) is 1. The lowest BCUT2D eigenvalue weighted by Crippen LogP contribution is -2.45. The Morgan fingerprint density at radius 1 is 1.26 bits per heavy atom. The van der Waals surface area contributed by atoms with Crippen molar-refractivity contribution in [2.24, 2.45) is 18.0 Å².